The van der Waals surface area contributed by atoms with Crippen molar-refractivity contribution < 1.29 is 26.3 Å². The summed E-state index contributed by atoms with van der Waals surface area (Å²) in [5.41, 5.74) is -0.449. The molecule has 0 aliphatic heterocycles. The summed E-state index contributed by atoms with van der Waals surface area (Å²) in [5.74, 6) is 3.80. The molecule has 0 amide bonds. The zero-order chi connectivity index (χ0) is 23.7. The smallest absolute Gasteiger partial charge is 0.159 e. The minimum atomic E-state index is -1.02. The van der Waals surface area contributed by atoms with Crippen LogP contribution in [0.4, 0.5) is 26.3 Å². The van der Waals surface area contributed by atoms with Gasteiger partial charge >= 0.3 is 0 Å². The summed E-state index contributed by atoms with van der Waals surface area (Å²) >= 11 is 0. The van der Waals surface area contributed by atoms with E-state index in [0.717, 1.165) is 36.4 Å². The first-order chi connectivity index (χ1) is 15.7. The highest BCUT2D eigenvalue weighted by Crippen LogP contribution is 2.20. The lowest BCUT2D eigenvalue weighted by Crippen LogP contribution is -1.94. The van der Waals surface area contributed by atoms with Crippen molar-refractivity contribution >= 4 is 10.8 Å². The lowest BCUT2D eigenvalue weighted by Gasteiger charge is -2.01. The van der Waals surface area contributed by atoms with Gasteiger partial charge in [-0.2, -0.15) is 0 Å². The van der Waals surface area contributed by atoms with Gasteiger partial charge in [0, 0.05) is 11.1 Å². The van der Waals surface area contributed by atoms with Gasteiger partial charge in [0.25, 0.3) is 0 Å². The highest BCUT2D eigenvalue weighted by atomic mass is 19.2. The molecule has 0 saturated heterocycles. The van der Waals surface area contributed by atoms with E-state index in [0.29, 0.717) is 21.9 Å². The Hall–Kier alpha value is -4.16. The minimum Gasteiger partial charge on any atom is -0.206 e. The molecule has 162 valence electrons. The molecule has 0 saturated carbocycles. The summed E-state index contributed by atoms with van der Waals surface area (Å²) in [6, 6.07) is 10.5. The van der Waals surface area contributed by atoms with E-state index < -0.39 is 46.0 Å². The molecule has 0 spiro atoms. The third kappa shape index (κ3) is 4.71. The Kier molecular flexibility index (Phi) is 5.85. The van der Waals surface area contributed by atoms with Crippen molar-refractivity contribution in [3.05, 3.63) is 117 Å². The van der Waals surface area contributed by atoms with Crippen molar-refractivity contribution in [2.24, 2.45) is 0 Å². The summed E-state index contributed by atoms with van der Waals surface area (Å²) in [7, 11) is 0. The maximum Gasteiger partial charge on any atom is 0.159 e. The van der Waals surface area contributed by atoms with Crippen LogP contribution in [0, 0.1) is 65.5 Å². The van der Waals surface area contributed by atoms with Crippen molar-refractivity contribution in [2.75, 3.05) is 0 Å². The van der Waals surface area contributed by atoms with Gasteiger partial charge < -0.3 is 0 Å². The number of fused-ring (bicyclic) bond motifs is 1. The van der Waals surface area contributed by atoms with E-state index >= 15 is 0 Å². The number of halogens is 6. The van der Waals surface area contributed by atoms with Crippen molar-refractivity contribution in [2.45, 2.75) is 6.92 Å². The Morgan fingerprint density at radius 3 is 1.52 bits per heavy atom. The fourth-order valence-electron chi connectivity index (χ4n) is 3.17. The largest absolute Gasteiger partial charge is 0.206 e. The van der Waals surface area contributed by atoms with Crippen molar-refractivity contribution in [1.82, 2.24) is 0 Å². The summed E-state index contributed by atoms with van der Waals surface area (Å²) in [6.07, 6.45) is 0. The highest BCUT2D eigenvalue weighted by Gasteiger charge is 2.10. The third-order valence-corrected chi connectivity index (χ3v) is 4.77. The van der Waals surface area contributed by atoms with Crippen molar-refractivity contribution in [3.63, 3.8) is 0 Å². The Balaban J connectivity index is 1.66. The van der Waals surface area contributed by atoms with Gasteiger partial charge in [-0.1, -0.05) is 29.7 Å². The third-order valence-electron chi connectivity index (χ3n) is 4.77. The van der Waals surface area contributed by atoms with Gasteiger partial charge in [0.1, 0.15) is 23.3 Å². The van der Waals surface area contributed by atoms with Gasteiger partial charge in [0.15, 0.2) is 11.6 Å². The SMILES string of the molecule is Cc1cc(F)c(C#Cc2cc(F)c(C#Cc3ccc4cc(F)c(F)cc4c3)c(F)c2)c(F)c1. The first kappa shape index (κ1) is 22.0. The van der Waals surface area contributed by atoms with Crippen LogP contribution in [0.2, 0.25) is 0 Å². The van der Waals surface area contributed by atoms with Crippen LogP contribution in [0.3, 0.4) is 0 Å². The van der Waals surface area contributed by atoms with Gasteiger partial charge in [-0.05, 0) is 71.8 Å². The molecule has 0 fully saturated rings. The lowest BCUT2D eigenvalue weighted by atomic mass is 10.1. The normalized spacial score (nSPS) is 10.4. The fourth-order valence-corrected chi connectivity index (χ4v) is 3.17. The average molecular weight is 450 g/mol. The summed E-state index contributed by atoms with van der Waals surface area (Å²) in [6.45, 7) is 1.52. The molecule has 4 rings (SSSR count). The van der Waals surface area contributed by atoms with Gasteiger partial charge in [0.2, 0.25) is 0 Å². The van der Waals surface area contributed by atoms with Crippen LogP contribution in [0.15, 0.2) is 54.6 Å². The first-order valence-corrected chi connectivity index (χ1v) is 9.59. The summed E-state index contributed by atoms with van der Waals surface area (Å²) < 4.78 is 83.4. The van der Waals surface area contributed by atoms with Crippen LogP contribution in [-0.4, -0.2) is 0 Å². The monoisotopic (exact) mass is 450 g/mol. The molecule has 0 nitrogen and oxygen atoms in total. The topological polar surface area (TPSA) is 0 Å². The Bertz CT molecular complexity index is 1500. The van der Waals surface area contributed by atoms with Crippen LogP contribution in [0.1, 0.15) is 27.8 Å². The van der Waals surface area contributed by atoms with Crippen LogP contribution in [0.5, 0.6) is 0 Å². The molecule has 0 radical (unpaired) electrons. The van der Waals surface area contributed by atoms with E-state index in [1.807, 2.05) is 0 Å². The number of benzene rings is 4. The molecule has 0 aliphatic carbocycles. The summed E-state index contributed by atoms with van der Waals surface area (Å²) in [4.78, 5) is 0. The second-order valence-corrected chi connectivity index (χ2v) is 7.25. The molecule has 4 aromatic carbocycles. The molecular weight excluding hydrogens is 438 g/mol. The predicted octanol–water partition coefficient (Wildman–Crippen LogP) is 6.78. The molecule has 0 atom stereocenters. The van der Waals surface area contributed by atoms with E-state index in [2.05, 4.69) is 23.7 Å². The molecular formula is C27H12F6. The van der Waals surface area contributed by atoms with Gasteiger partial charge in [-0.15, -0.1) is 0 Å². The number of rotatable bonds is 0. The lowest BCUT2D eigenvalue weighted by molar-refractivity contribution is 0.511. The number of hydrogen-bond donors (Lipinski definition) is 0. The molecule has 0 heterocycles. The molecule has 0 N–H and O–H groups in total. The summed E-state index contributed by atoms with van der Waals surface area (Å²) in [5, 5.41) is 0.823. The average Bonchev–Trinajstić information content (AvgIpc) is 2.73. The Morgan fingerprint density at radius 2 is 0.939 bits per heavy atom. The quantitative estimate of drug-likeness (QED) is 0.205. The maximum atomic E-state index is 14.5. The van der Waals surface area contributed by atoms with E-state index in [4.69, 9.17) is 0 Å². The van der Waals surface area contributed by atoms with Crippen LogP contribution < -0.4 is 0 Å². The van der Waals surface area contributed by atoms with Crippen LogP contribution in [0.25, 0.3) is 10.8 Å². The van der Waals surface area contributed by atoms with E-state index in [-0.39, 0.29) is 5.56 Å². The highest BCUT2D eigenvalue weighted by molar-refractivity contribution is 5.84. The molecule has 0 aliphatic rings. The Labute approximate surface area is 185 Å². The maximum absolute atomic E-state index is 14.5. The zero-order valence-corrected chi connectivity index (χ0v) is 17.0. The molecule has 6 heteroatoms. The fraction of sp³-hybridized carbons (Fsp3) is 0.0370. The van der Waals surface area contributed by atoms with Gasteiger partial charge in [0.05, 0.1) is 11.1 Å². The number of aryl methyl sites for hydroxylation is 1. The molecule has 0 aromatic heterocycles. The van der Waals surface area contributed by atoms with Crippen LogP contribution in [-0.2, 0) is 0 Å². The van der Waals surface area contributed by atoms with Gasteiger partial charge in [-0.3, -0.25) is 0 Å². The second kappa shape index (κ2) is 8.76. The van der Waals surface area contributed by atoms with E-state index in [9.17, 15) is 26.3 Å². The molecule has 0 unspecified atom stereocenters. The standard InChI is InChI=1S/C27H12F6/c1-15-8-22(28)20(23(29)9-15)7-4-17-11-24(30)21(25(31)12-17)6-3-16-2-5-18-13-26(32)27(33)14-19(18)10-16/h2,5,8-14H,1H3. The first-order valence-electron chi connectivity index (χ1n) is 9.59. The molecule has 0 bridgehead atoms. The second-order valence-electron chi connectivity index (χ2n) is 7.25. The number of hydrogen-bond acceptors (Lipinski definition) is 0. The minimum absolute atomic E-state index is 0.127. The van der Waals surface area contributed by atoms with Crippen LogP contribution >= 0.6 is 0 Å². The predicted molar refractivity (Wildman–Crippen MR) is 113 cm³/mol. The zero-order valence-electron chi connectivity index (χ0n) is 17.0. The van der Waals surface area contributed by atoms with Gasteiger partial charge in [-0.25, -0.2) is 26.3 Å². The molecule has 4 aromatic rings. The molecule has 33 heavy (non-hydrogen) atoms. The van der Waals surface area contributed by atoms with Crippen molar-refractivity contribution in [3.8, 4) is 23.7 Å². The van der Waals surface area contributed by atoms with E-state index in [1.165, 1.54) is 25.1 Å². The Morgan fingerprint density at radius 1 is 0.455 bits per heavy atom. The van der Waals surface area contributed by atoms with E-state index in [1.54, 1.807) is 0 Å². The van der Waals surface area contributed by atoms with Crippen molar-refractivity contribution in [1.29, 1.82) is 0 Å².